The number of rotatable bonds is 4. The Balaban J connectivity index is 1.67. The molecule has 4 rings (SSSR count). The Bertz CT molecular complexity index is 1070. The fourth-order valence-electron chi connectivity index (χ4n) is 3.66. The van der Waals surface area contributed by atoms with Crippen molar-refractivity contribution in [2.75, 3.05) is 23.3 Å². The molecular formula is C23H23N3O3. The van der Waals surface area contributed by atoms with Crippen LogP contribution in [-0.4, -0.2) is 35.1 Å². The number of pyridine rings is 1. The third-order valence-electron chi connectivity index (χ3n) is 5.28. The third-order valence-corrected chi connectivity index (χ3v) is 5.28. The molecule has 6 nitrogen and oxygen atoms in total. The maximum absolute atomic E-state index is 12.5. The van der Waals surface area contributed by atoms with E-state index in [9.17, 15) is 14.7 Å². The fraction of sp³-hybridized carbons (Fsp3) is 0.261. The molecule has 1 fully saturated rings. The Hall–Kier alpha value is -3.41. The topological polar surface area (TPSA) is 82.5 Å². The van der Waals surface area contributed by atoms with Crippen molar-refractivity contribution in [2.45, 2.75) is 26.2 Å². The zero-order chi connectivity index (χ0) is 20.4. The third kappa shape index (κ3) is 4.06. The molecule has 148 valence electrons. The average molecular weight is 389 g/mol. The summed E-state index contributed by atoms with van der Waals surface area (Å²) < 4.78 is 0. The van der Waals surface area contributed by atoms with Gasteiger partial charge in [-0.05, 0) is 62.6 Å². The van der Waals surface area contributed by atoms with Crippen LogP contribution in [-0.2, 0) is 0 Å². The number of aryl methyl sites for hydroxylation is 1. The van der Waals surface area contributed by atoms with Crippen molar-refractivity contribution in [1.82, 2.24) is 4.98 Å². The van der Waals surface area contributed by atoms with Crippen molar-refractivity contribution in [3.05, 3.63) is 65.2 Å². The SMILES string of the molecule is Cc1ccc(C(=O)Nc2ccc3nc(N4CCCCC4)cc(C(=O)O)c3c2)cc1. The highest BCUT2D eigenvalue weighted by Crippen LogP contribution is 2.27. The first-order chi connectivity index (χ1) is 14.0. The lowest BCUT2D eigenvalue weighted by molar-refractivity contribution is 0.0698. The van der Waals surface area contributed by atoms with E-state index in [0.717, 1.165) is 31.5 Å². The smallest absolute Gasteiger partial charge is 0.336 e. The van der Waals surface area contributed by atoms with Gasteiger partial charge in [0.15, 0.2) is 0 Å². The van der Waals surface area contributed by atoms with Gasteiger partial charge in [0, 0.05) is 29.7 Å². The normalized spacial score (nSPS) is 14.0. The van der Waals surface area contributed by atoms with Gasteiger partial charge in [-0.15, -0.1) is 0 Å². The molecule has 0 spiro atoms. The summed E-state index contributed by atoms with van der Waals surface area (Å²) in [6.45, 7) is 3.74. The van der Waals surface area contributed by atoms with E-state index in [1.54, 1.807) is 36.4 Å². The minimum absolute atomic E-state index is 0.196. The van der Waals surface area contributed by atoms with Crippen LogP contribution in [0.25, 0.3) is 10.9 Å². The van der Waals surface area contributed by atoms with Crippen LogP contribution in [0.3, 0.4) is 0 Å². The number of aromatic carboxylic acids is 1. The molecule has 1 aliphatic heterocycles. The number of fused-ring (bicyclic) bond motifs is 1. The Labute approximate surface area is 169 Å². The summed E-state index contributed by atoms with van der Waals surface area (Å²) in [5, 5.41) is 13.1. The van der Waals surface area contributed by atoms with Crippen molar-refractivity contribution < 1.29 is 14.7 Å². The van der Waals surface area contributed by atoms with E-state index >= 15 is 0 Å². The number of piperidine rings is 1. The molecule has 3 aromatic rings. The lowest BCUT2D eigenvalue weighted by Gasteiger charge is -2.28. The monoisotopic (exact) mass is 389 g/mol. The molecule has 2 N–H and O–H groups in total. The van der Waals surface area contributed by atoms with Crippen LogP contribution in [0.1, 0.15) is 45.5 Å². The maximum Gasteiger partial charge on any atom is 0.336 e. The highest BCUT2D eigenvalue weighted by Gasteiger charge is 2.18. The predicted molar refractivity (Wildman–Crippen MR) is 114 cm³/mol. The van der Waals surface area contributed by atoms with Crippen LogP contribution < -0.4 is 10.2 Å². The Morgan fingerprint density at radius 2 is 1.72 bits per heavy atom. The summed E-state index contributed by atoms with van der Waals surface area (Å²) >= 11 is 0. The first-order valence-corrected chi connectivity index (χ1v) is 9.82. The van der Waals surface area contributed by atoms with Crippen molar-refractivity contribution in [3.8, 4) is 0 Å². The number of hydrogen-bond acceptors (Lipinski definition) is 4. The maximum atomic E-state index is 12.5. The summed E-state index contributed by atoms with van der Waals surface area (Å²) in [7, 11) is 0. The molecule has 0 bridgehead atoms. The van der Waals surface area contributed by atoms with Gasteiger partial charge in [-0.2, -0.15) is 0 Å². The number of hydrogen-bond donors (Lipinski definition) is 2. The van der Waals surface area contributed by atoms with Crippen molar-refractivity contribution >= 4 is 34.3 Å². The van der Waals surface area contributed by atoms with E-state index in [1.165, 1.54) is 6.42 Å². The number of carboxylic acid groups (broad SMARTS) is 1. The summed E-state index contributed by atoms with van der Waals surface area (Å²) in [4.78, 5) is 31.2. The standard InChI is InChI=1S/C23H23N3O3/c1-15-5-7-16(8-6-15)22(27)24-17-9-10-20-18(13-17)19(23(28)29)14-21(25-20)26-11-3-2-4-12-26/h5-10,13-14H,2-4,11-12H2,1H3,(H,24,27)(H,28,29). The first-order valence-electron chi connectivity index (χ1n) is 9.82. The molecule has 1 amide bonds. The summed E-state index contributed by atoms with van der Waals surface area (Å²) in [5.74, 6) is -0.539. The highest BCUT2D eigenvalue weighted by atomic mass is 16.4. The van der Waals surface area contributed by atoms with Crippen molar-refractivity contribution in [1.29, 1.82) is 0 Å². The van der Waals surface area contributed by atoms with E-state index in [2.05, 4.69) is 15.2 Å². The number of amides is 1. The minimum atomic E-state index is -1.00. The quantitative estimate of drug-likeness (QED) is 0.687. The molecule has 29 heavy (non-hydrogen) atoms. The summed E-state index contributed by atoms with van der Waals surface area (Å²) in [6.07, 6.45) is 3.37. The fourth-order valence-corrected chi connectivity index (χ4v) is 3.66. The molecule has 1 aromatic heterocycles. The molecule has 0 unspecified atom stereocenters. The molecule has 1 aliphatic rings. The minimum Gasteiger partial charge on any atom is -0.478 e. The molecule has 0 saturated carbocycles. The van der Waals surface area contributed by atoms with Crippen molar-refractivity contribution in [3.63, 3.8) is 0 Å². The highest BCUT2D eigenvalue weighted by molar-refractivity contribution is 6.08. The number of aromatic nitrogens is 1. The molecular weight excluding hydrogens is 366 g/mol. The molecule has 0 radical (unpaired) electrons. The van der Waals surface area contributed by atoms with Gasteiger partial charge < -0.3 is 15.3 Å². The zero-order valence-electron chi connectivity index (χ0n) is 16.3. The van der Waals surface area contributed by atoms with E-state index < -0.39 is 5.97 Å². The molecule has 2 aromatic carbocycles. The van der Waals surface area contributed by atoms with Crippen LogP contribution >= 0.6 is 0 Å². The van der Waals surface area contributed by atoms with E-state index in [-0.39, 0.29) is 11.5 Å². The van der Waals surface area contributed by atoms with Gasteiger partial charge >= 0.3 is 5.97 Å². The van der Waals surface area contributed by atoms with Crippen LogP contribution in [0, 0.1) is 6.92 Å². The second kappa shape index (κ2) is 7.91. The molecule has 0 atom stereocenters. The average Bonchev–Trinajstić information content (AvgIpc) is 2.74. The summed E-state index contributed by atoms with van der Waals surface area (Å²) in [5.41, 5.74) is 2.97. The van der Waals surface area contributed by atoms with E-state index in [4.69, 9.17) is 0 Å². The molecule has 1 saturated heterocycles. The van der Waals surface area contributed by atoms with Gasteiger partial charge in [-0.25, -0.2) is 9.78 Å². The zero-order valence-corrected chi connectivity index (χ0v) is 16.3. The second-order valence-electron chi connectivity index (χ2n) is 7.43. The number of carbonyl (C=O) groups is 2. The molecule has 6 heteroatoms. The van der Waals surface area contributed by atoms with Gasteiger partial charge in [0.25, 0.3) is 5.91 Å². The lowest BCUT2D eigenvalue weighted by atomic mass is 10.1. The van der Waals surface area contributed by atoms with E-state index in [0.29, 0.717) is 28.0 Å². The number of carbonyl (C=O) groups excluding carboxylic acids is 1. The van der Waals surface area contributed by atoms with Gasteiger partial charge in [0.1, 0.15) is 5.82 Å². The lowest BCUT2D eigenvalue weighted by Crippen LogP contribution is -2.30. The number of carboxylic acids is 1. The molecule has 2 heterocycles. The second-order valence-corrected chi connectivity index (χ2v) is 7.43. The van der Waals surface area contributed by atoms with Gasteiger partial charge in [0.2, 0.25) is 0 Å². The van der Waals surface area contributed by atoms with Crippen LogP contribution in [0.5, 0.6) is 0 Å². The van der Waals surface area contributed by atoms with Crippen LogP contribution in [0.4, 0.5) is 11.5 Å². The Morgan fingerprint density at radius 1 is 1.00 bits per heavy atom. The Morgan fingerprint density at radius 3 is 2.41 bits per heavy atom. The van der Waals surface area contributed by atoms with E-state index in [1.807, 2.05) is 19.1 Å². The molecule has 0 aliphatic carbocycles. The van der Waals surface area contributed by atoms with Crippen LogP contribution in [0.2, 0.25) is 0 Å². The number of anilines is 2. The number of nitrogens with zero attached hydrogens (tertiary/aromatic N) is 2. The first kappa shape index (κ1) is 18.9. The van der Waals surface area contributed by atoms with Gasteiger partial charge in [0.05, 0.1) is 11.1 Å². The summed E-state index contributed by atoms with van der Waals surface area (Å²) in [6, 6.07) is 14.1. The van der Waals surface area contributed by atoms with Crippen molar-refractivity contribution in [2.24, 2.45) is 0 Å². The van der Waals surface area contributed by atoms with Gasteiger partial charge in [-0.1, -0.05) is 17.7 Å². The Kier molecular flexibility index (Phi) is 5.16. The van der Waals surface area contributed by atoms with Gasteiger partial charge in [-0.3, -0.25) is 4.79 Å². The number of nitrogens with one attached hydrogen (secondary N) is 1. The predicted octanol–water partition coefficient (Wildman–Crippen LogP) is 4.48. The van der Waals surface area contributed by atoms with Crippen LogP contribution in [0.15, 0.2) is 48.5 Å². The number of benzene rings is 2. The largest absolute Gasteiger partial charge is 0.478 e.